The number of nitro groups is 1. The van der Waals surface area contributed by atoms with Crippen LogP contribution in [-0.2, 0) is 6.54 Å². The van der Waals surface area contributed by atoms with E-state index in [1.807, 2.05) is 31.2 Å². The largest absolute Gasteiger partial charge is 0.336 e. The third kappa shape index (κ3) is 3.77. The molecule has 26 heavy (non-hydrogen) atoms. The maximum atomic E-state index is 12.6. The molecule has 0 radical (unpaired) electrons. The van der Waals surface area contributed by atoms with E-state index >= 15 is 0 Å². The Bertz CT molecular complexity index is 947. The minimum Gasteiger partial charge on any atom is -0.336 e. The van der Waals surface area contributed by atoms with Crippen LogP contribution in [0.15, 0.2) is 60.8 Å². The molecule has 1 aromatic heterocycles. The van der Waals surface area contributed by atoms with Crippen LogP contribution in [0, 0.1) is 17.0 Å². The number of carbonyl (C=O) groups excluding carboxylic acids is 1. The first-order valence-corrected chi connectivity index (χ1v) is 8.05. The Morgan fingerprint density at radius 1 is 1.19 bits per heavy atom. The molecule has 0 aliphatic rings. The smallest absolute Gasteiger partial charge is 0.274 e. The van der Waals surface area contributed by atoms with Gasteiger partial charge in [0, 0.05) is 31.9 Å². The molecule has 7 heteroatoms. The Morgan fingerprint density at radius 3 is 2.62 bits per heavy atom. The highest BCUT2D eigenvalue weighted by atomic mass is 16.6. The molecule has 0 N–H and O–H groups in total. The number of hydrogen-bond donors (Lipinski definition) is 0. The second kappa shape index (κ2) is 7.18. The molecule has 0 fully saturated rings. The van der Waals surface area contributed by atoms with Gasteiger partial charge in [0.1, 0.15) is 0 Å². The Labute approximate surface area is 150 Å². The van der Waals surface area contributed by atoms with Gasteiger partial charge in [0.25, 0.3) is 11.6 Å². The third-order valence-electron chi connectivity index (χ3n) is 4.00. The summed E-state index contributed by atoms with van der Waals surface area (Å²) in [5.74, 6) is -0.213. The van der Waals surface area contributed by atoms with Crippen molar-refractivity contribution in [2.24, 2.45) is 0 Å². The van der Waals surface area contributed by atoms with E-state index in [9.17, 15) is 14.9 Å². The van der Waals surface area contributed by atoms with Crippen molar-refractivity contribution in [1.82, 2.24) is 14.7 Å². The minimum atomic E-state index is -0.464. The van der Waals surface area contributed by atoms with Gasteiger partial charge >= 0.3 is 0 Å². The topological polar surface area (TPSA) is 81.3 Å². The quantitative estimate of drug-likeness (QED) is 0.522. The molecule has 0 spiro atoms. The fraction of sp³-hybridized carbons (Fsp3) is 0.158. The van der Waals surface area contributed by atoms with E-state index in [4.69, 9.17) is 0 Å². The second-order valence-corrected chi connectivity index (χ2v) is 6.07. The van der Waals surface area contributed by atoms with Gasteiger partial charge < -0.3 is 4.90 Å². The summed E-state index contributed by atoms with van der Waals surface area (Å²) in [6, 6.07) is 15.7. The normalized spacial score (nSPS) is 10.5. The lowest BCUT2D eigenvalue weighted by atomic mass is 10.1. The van der Waals surface area contributed by atoms with Crippen molar-refractivity contribution in [3.63, 3.8) is 0 Å². The minimum absolute atomic E-state index is 0.0256. The molecule has 1 amide bonds. The van der Waals surface area contributed by atoms with Gasteiger partial charge in [-0.05, 0) is 24.6 Å². The molecule has 0 aliphatic heterocycles. The summed E-state index contributed by atoms with van der Waals surface area (Å²) in [4.78, 5) is 24.6. The van der Waals surface area contributed by atoms with Gasteiger partial charge in [-0.3, -0.25) is 14.9 Å². The number of benzene rings is 2. The number of nitrogens with zero attached hydrogens (tertiary/aromatic N) is 4. The Hall–Kier alpha value is -3.48. The average molecular weight is 350 g/mol. The van der Waals surface area contributed by atoms with E-state index < -0.39 is 4.92 Å². The summed E-state index contributed by atoms with van der Waals surface area (Å²) in [6.45, 7) is 2.49. The molecule has 1 heterocycles. The Balaban J connectivity index is 1.76. The zero-order chi connectivity index (χ0) is 18.7. The third-order valence-corrected chi connectivity index (χ3v) is 4.00. The molecule has 0 atom stereocenters. The summed E-state index contributed by atoms with van der Waals surface area (Å²) in [5.41, 5.74) is 2.98. The number of hydrogen-bond acceptors (Lipinski definition) is 4. The lowest BCUT2D eigenvalue weighted by Gasteiger charge is -2.16. The summed E-state index contributed by atoms with van der Waals surface area (Å²) in [5, 5.41) is 15.2. The second-order valence-electron chi connectivity index (χ2n) is 6.07. The summed E-state index contributed by atoms with van der Waals surface area (Å²) >= 11 is 0. The fourth-order valence-corrected chi connectivity index (χ4v) is 2.57. The van der Waals surface area contributed by atoms with Crippen LogP contribution in [0.5, 0.6) is 0 Å². The first kappa shape index (κ1) is 17.3. The summed E-state index contributed by atoms with van der Waals surface area (Å²) in [7, 11) is 1.72. The molecule has 0 saturated carbocycles. The molecule has 7 nitrogen and oxygen atoms in total. The van der Waals surface area contributed by atoms with Crippen LogP contribution in [0.2, 0.25) is 0 Å². The van der Waals surface area contributed by atoms with Crippen LogP contribution in [-0.4, -0.2) is 32.6 Å². The standard InChI is InChI=1S/C19H18N4O3/c1-14-6-8-15(9-7-14)13-21(2)19(24)18-10-11-22(20-18)16-4-3-5-17(12-16)23(25)26/h3-12H,13H2,1-2H3. The molecule has 0 unspecified atom stereocenters. The van der Waals surface area contributed by atoms with Crippen molar-refractivity contribution in [1.29, 1.82) is 0 Å². The molecule has 3 rings (SSSR count). The number of nitro benzene ring substituents is 1. The maximum Gasteiger partial charge on any atom is 0.274 e. The van der Waals surface area contributed by atoms with Crippen molar-refractivity contribution < 1.29 is 9.72 Å². The van der Waals surface area contributed by atoms with Crippen molar-refractivity contribution in [3.05, 3.63) is 87.7 Å². The molecular weight excluding hydrogens is 332 g/mol. The lowest BCUT2D eigenvalue weighted by Crippen LogP contribution is -2.26. The van der Waals surface area contributed by atoms with E-state index in [2.05, 4.69) is 5.10 Å². The van der Waals surface area contributed by atoms with Gasteiger partial charge in [0.2, 0.25) is 0 Å². The first-order chi connectivity index (χ1) is 12.4. The van der Waals surface area contributed by atoms with E-state index in [0.29, 0.717) is 12.2 Å². The first-order valence-electron chi connectivity index (χ1n) is 8.05. The number of aryl methyl sites for hydroxylation is 1. The van der Waals surface area contributed by atoms with Gasteiger partial charge in [-0.1, -0.05) is 35.9 Å². The van der Waals surface area contributed by atoms with E-state index in [0.717, 1.165) is 5.56 Å². The molecule has 3 aromatic rings. The van der Waals surface area contributed by atoms with Gasteiger partial charge in [-0.15, -0.1) is 0 Å². The van der Waals surface area contributed by atoms with Crippen LogP contribution in [0.25, 0.3) is 5.69 Å². The number of amides is 1. The molecule has 0 bridgehead atoms. The van der Waals surface area contributed by atoms with E-state index in [1.165, 1.54) is 22.4 Å². The van der Waals surface area contributed by atoms with Crippen LogP contribution in [0.1, 0.15) is 21.6 Å². The van der Waals surface area contributed by atoms with E-state index in [-0.39, 0.29) is 17.3 Å². The molecule has 132 valence electrons. The van der Waals surface area contributed by atoms with Gasteiger partial charge in [0.05, 0.1) is 10.6 Å². The van der Waals surface area contributed by atoms with Gasteiger partial charge in [0.15, 0.2) is 5.69 Å². The van der Waals surface area contributed by atoms with Crippen LogP contribution in [0.4, 0.5) is 5.69 Å². The van der Waals surface area contributed by atoms with Crippen molar-refractivity contribution in [3.8, 4) is 5.69 Å². The zero-order valence-corrected chi connectivity index (χ0v) is 14.5. The highest BCUT2D eigenvalue weighted by molar-refractivity contribution is 5.92. The van der Waals surface area contributed by atoms with Crippen LogP contribution >= 0.6 is 0 Å². The Kier molecular flexibility index (Phi) is 4.79. The van der Waals surface area contributed by atoms with Gasteiger partial charge in [-0.25, -0.2) is 4.68 Å². The molecule has 0 saturated heterocycles. The number of carbonyl (C=O) groups is 1. The number of aromatic nitrogens is 2. The summed E-state index contributed by atoms with van der Waals surface area (Å²) in [6.07, 6.45) is 1.62. The van der Waals surface area contributed by atoms with Crippen LogP contribution < -0.4 is 0 Å². The summed E-state index contributed by atoms with van der Waals surface area (Å²) < 4.78 is 1.46. The highest BCUT2D eigenvalue weighted by Gasteiger charge is 2.16. The van der Waals surface area contributed by atoms with E-state index in [1.54, 1.807) is 36.3 Å². The zero-order valence-electron chi connectivity index (χ0n) is 14.5. The monoisotopic (exact) mass is 350 g/mol. The predicted molar refractivity (Wildman–Crippen MR) is 97.2 cm³/mol. The van der Waals surface area contributed by atoms with Crippen LogP contribution in [0.3, 0.4) is 0 Å². The molecule has 2 aromatic carbocycles. The molecular formula is C19H18N4O3. The molecule has 0 aliphatic carbocycles. The van der Waals surface area contributed by atoms with Gasteiger partial charge in [-0.2, -0.15) is 5.10 Å². The van der Waals surface area contributed by atoms with Crippen molar-refractivity contribution in [2.45, 2.75) is 13.5 Å². The highest BCUT2D eigenvalue weighted by Crippen LogP contribution is 2.17. The average Bonchev–Trinajstić information content (AvgIpc) is 3.13. The fourth-order valence-electron chi connectivity index (χ4n) is 2.57. The number of rotatable bonds is 5. The van der Waals surface area contributed by atoms with Crippen molar-refractivity contribution in [2.75, 3.05) is 7.05 Å². The SMILES string of the molecule is Cc1ccc(CN(C)C(=O)c2ccn(-c3cccc([N+](=O)[O-])c3)n2)cc1. The van der Waals surface area contributed by atoms with Crippen molar-refractivity contribution >= 4 is 11.6 Å². The number of non-ortho nitro benzene ring substituents is 1. The Morgan fingerprint density at radius 2 is 1.92 bits per heavy atom. The lowest BCUT2D eigenvalue weighted by molar-refractivity contribution is -0.384. The maximum absolute atomic E-state index is 12.6. The predicted octanol–water partition coefficient (Wildman–Crippen LogP) is 3.36.